The number of carbonyl (C=O) groups excluding carboxylic acids is 2. The molecule has 0 spiro atoms. The summed E-state index contributed by atoms with van der Waals surface area (Å²) in [7, 11) is 0. The normalized spacial score (nSPS) is 10.2. The smallest absolute Gasteiger partial charge is 0.307 e. The zero-order valence-electron chi connectivity index (χ0n) is 13.9. The molecule has 1 N–H and O–H groups in total. The van der Waals surface area contributed by atoms with E-state index in [2.05, 4.69) is 5.32 Å². The highest BCUT2D eigenvalue weighted by atomic mass is 32.2. The number of rotatable bonds is 7. The molecule has 0 fully saturated rings. The minimum atomic E-state index is -0.367. The quantitative estimate of drug-likeness (QED) is 0.610. The summed E-state index contributed by atoms with van der Waals surface area (Å²) in [5, 5.41) is 2.73. The second kappa shape index (κ2) is 9.13. The Bertz CT molecular complexity index is 701. The number of hydrogen-bond acceptors (Lipinski definition) is 4. The fourth-order valence-electron chi connectivity index (χ4n) is 2.00. The highest BCUT2D eigenvalue weighted by molar-refractivity contribution is 7.99. The summed E-state index contributed by atoms with van der Waals surface area (Å²) in [6.07, 6.45) is 0.274. The molecule has 0 saturated carbocycles. The first-order valence-electron chi connectivity index (χ1n) is 7.75. The zero-order chi connectivity index (χ0) is 17.4. The molecule has 0 saturated heterocycles. The molecular formula is C19H21NO3S. The van der Waals surface area contributed by atoms with Gasteiger partial charge in [0.1, 0.15) is 0 Å². The van der Waals surface area contributed by atoms with E-state index in [0.29, 0.717) is 11.4 Å². The minimum absolute atomic E-state index is 0.262. The van der Waals surface area contributed by atoms with Crippen LogP contribution in [0.3, 0.4) is 0 Å². The maximum absolute atomic E-state index is 11.8. The van der Waals surface area contributed by atoms with Gasteiger partial charge in [-0.2, -0.15) is 0 Å². The highest BCUT2D eigenvalue weighted by Gasteiger charge is 2.08. The van der Waals surface area contributed by atoms with Gasteiger partial charge in [-0.15, -0.1) is 11.8 Å². The van der Waals surface area contributed by atoms with Gasteiger partial charge in [0.25, 0.3) is 5.91 Å². The van der Waals surface area contributed by atoms with Crippen LogP contribution in [0.5, 0.6) is 0 Å². The van der Waals surface area contributed by atoms with Crippen molar-refractivity contribution in [3.8, 4) is 0 Å². The van der Waals surface area contributed by atoms with Crippen molar-refractivity contribution in [2.45, 2.75) is 25.2 Å². The van der Waals surface area contributed by atoms with Crippen molar-refractivity contribution in [2.75, 3.05) is 17.7 Å². The molecule has 0 aromatic heterocycles. The molecule has 5 heteroatoms. The van der Waals surface area contributed by atoms with Gasteiger partial charge >= 0.3 is 5.97 Å². The topological polar surface area (TPSA) is 55.4 Å². The number of anilines is 1. The van der Waals surface area contributed by atoms with E-state index in [1.54, 1.807) is 11.8 Å². The molecule has 1 amide bonds. The molecule has 2 aromatic carbocycles. The molecule has 0 atom stereocenters. The van der Waals surface area contributed by atoms with E-state index in [9.17, 15) is 9.59 Å². The lowest BCUT2D eigenvalue weighted by atomic mass is 10.1. The first-order valence-corrected chi connectivity index (χ1v) is 8.74. The molecule has 2 aromatic rings. The number of benzene rings is 2. The number of aryl methyl sites for hydroxylation is 2. The molecule has 0 aliphatic carbocycles. The van der Waals surface area contributed by atoms with Crippen LogP contribution in [-0.2, 0) is 14.3 Å². The molecular weight excluding hydrogens is 322 g/mol. The largest absolute Gasteiger partial charge is 0.456 e. The van der Waals surface area contributed by atoms with Crippen molar-refractivity contribution in [1.82, 2.24) is 0 Å². The van der Waals surface area contributed by atoms with E-state index in [4.69, 9.17) is 4.74 Å². The van der Waals surface area contributed by atoms with Crippen molar-refractivity contribution < 1.29 is 14.3 Å². The second-order valence-corrected chi connectivity index (χ2v) is 6.59. The summed E-state index contributed by atoms with van der Waals surface area (Å²) in [6, 6.07) is 15.5. The van der Waals surface area contributed by atoms with E-state index >= 15 is 0 Å². The minimum Gasteiger partial charge on any atom is -0.456 e. The Morgan fingerprint density at radius 3 is 2.50 bits per heavy atom. The fourth-order valence-corrected chi connectivity index (χ4v) is 2.86. The van der Waals surface area contributed by atoms with Gasteiger partial charge in [0, 0.05) is 16.3 Å². The average Bonchev–Trinajstić information content (AvgIpc) is 2.57. The van der Waals surface area contributed by atoms with Crippen LogP contribution in [0.2, 0.25) is 0 Å². The summed E-state index contributed by atoms with van der Waals surface area (Å²) >= 11 is 1.59. The average molecular weight is 343 g/mol. The Balaban J connectivity index is 1.67. The number of amides is 1. The third-order valence-corrected chi connectivity index (χ3v) is 4.49. The SMILES string of the molecule is Cc1ccc(NC(=O)COC(=O)CCSc2ccccc2)cc1C. The maximum atomic E-state index is 11.8. The molecule has 24 heavy (non-hydrogen) atoms. The molecule has 0 unspecified atom stereocenters. The molecule has 0 radical (unpaired) electrons. The summed E-state index contributed by atoms with van der Waals surface area (Å²) in [6.45, 7) is 3.73. The molecule has 0 heterocycles. The number of thioether (sulfide) groups is 1. The van der Waals surface area contributed by atoms with Crippen molar-refractivity contribution in [3.05, 3.63) is 59.7 Å². The van der Waals surface area contributed by atoms with Crippen molar-refractivity contribution in [3.63, 3.8) is 0 Å². The van der Waals surface area contributed by atoms with Crippen LogP contribution in [0, 0.1) is 13.8 Å². The predicted octanol–water partition coefficient (Wildman–Crippen LogP) is 3.97. The Hall–Kier alpha value is -2.27. The lowest BCUT2D eigenvalue weighted by Gasteiger charge is -2.08. The molecule has 2 rings (SSSR count). The molecule has 4 nitrogen and oxygen atoms in total. The van der Waals surface area contributed by atoms with Crippen LogP contribution in [0.1, 0.15) is 17.5 Å². The molecule has 0 aliphatic rings. The van der Waals surface area contributed by atoms with E-state index in [1.807, 2.05) is 62.4 Å². The van der Waals surface area contributed by atoms with E-state index < -0.39 is 0 Å². The zero-order valence-corrected chi connectivity index (χ0v) is 14.7. The van der Waals surface area contributed by atoms with E-state index in [0.717, 1.165) is 16.0 Å². The van der Waals surface area contributed by atoms with E-state index in [1.165, 1.54) is 0 Å². The first kappa shape index (κ1) is 18.1. The van der Waals surface area contributed by atoms with Gasteiger partial charge in [0.2, 0.25) is 0 Å². The fraction of sp³-hybridized carbons (Fsp3) is 0.263. The summed E-state index contributed by atoms with van der Waals surface area (Å²) in [5.41, 5.74) is 2.97. The monoisotopic (exact) mass is 343 g/mol. The Labute approximate surface area is 146 Å². The lowest BCUT2D eigenvalue weighted by molar-refractivity contribution is -0.146. The van der Waals surface area contributed by atoms with Crippen LogP contribution in [-0.4, -0.2) is 24.2 Å². The van der Waals surface area contributed by atoms with Crippen LogP contribution in [0.4, 0.5) is 5.69 Å². The maximum Gasteiger partial charge on any atom is 0.307 e. The van der Waals surface area contributed by atoms with Gasteiger partial charge in [-0.1, -0.05) is 24.3 Å². The van der Waals surface area contributed by atoms with Crippen LogP contribution in [0.25, 0.3) is 0 Å². The van der Waals surface area contributed by atoms with Gasteiger partial charge < -0.3 is 10.1 Å². The summed E-state index contributed by atoms with van der Waals surface area (Å²) in [4.78, 5) is 24.6. The Kier molecular flexibility index (Phi) is 6.88. The third kappa shape index (κ3) is 6.08. The highest BCUT2D eigenvalue weighted by Crippen LogP contribution is 2.18. The van der Waals surface area contributed by atoms with E-state index in [-0.39, 0.29) is 24.9 Å². The van der Waals surface area contributed by atoms with Gasteiger partial charge in [-0.25, -0.2) is 0 Å². The number of ether oxygens (including phenoxy) is 1. The number of esters is 1. The van der Waals surface area contributed by atoms with Crippen molar-refractivity contribution >= 4 is 29.3 Å². The van der Waals surface area contributed by atoms with Crippen LogP contribution < -0.4 is 5.32 Å². The second-order valence-electron chi connectivity index (χ2n) is 5.42. The first-order chi connectivity index (χ1) is 11.5. The lowest BCUT2D eigenvalue weighted by Crippen LogP contribution is -2.21. The number of nitrogens with one attached hydrogen (secondary N) is 1. The van der Waals surface area contributed by atoms with Crippen molar-refractivity contribution in [2.24, 2.45) is 0 Å². The standard InChI is InChI=1S/C19H21NO3S/c1-14-8-9-16(12-15(14)2)20-18(21)13-23-19(22)10-11-24-17-6-4-3-5-7-17/h3-9,12H,10-11,13H2,1-2H3,(H,20,21). The van der Waals surface area contributed by atoms with Gasteiger partial charge in [-0.05, 0) is 49.2 Å². The van der Waals surface area contributed by atoms with Gasteiger partial charge in [-0.3, -0.25) is 9.59 Å². The van der Waals surface area contributed by atoms with Crippen LogP contribution in [0.15, 0.2) is 53.4 Å². The Morgan fingerprint density at radius 2 is 1.79 bits per heavy atom. The number of carbonyl (C=O) groups is 2. The molecule has 0 bridgehead atoms. The number of hydrogen-bond donors (Lipinski definition) is 1. The summed E-state index contributed by atoms with van der Waals surface area (Å²) < 4.78 is 5.00. The van der Waals surface area contributed by atoms with Crippen molar-refractivity contribution in [1.29, 1.82) is 0 Å². The third-order valence-electron chi connectivity index (χ3n) is 3.47. The van der Waals surface area contributed by atoms with Crippen LogP contribution >= 0.6 is 11.8 Å². The Morgan fingerprint density at radius 1 is 1.04 bits per heavy atom. The molecule has 0 aliphatic heterocycles. The van der Waals surface area contributed by atoms with Gasteiger partial charge in [0.05, 0.1) is 6.42 Å². The summed E-state index contributed by atoms with van der Waals surface area (Å²) in [5.74, 6) is -0.0716. The predicted molar refractivity (Wildman–Crippen MR) is 97.3 cm³/mol. The van der Waals surface area contributed by atoms with Gasteiger partial charge in [0.15, 0.2) is 6.61 Å². The molecule has 126 valence electrons.